The van der Waals surface area contributed by atoms with Crippen molar-refractivity contribution in [3.8, 4) is 0 Å². The lowest BCUT2D eigenvalue weighted by molar-refractivity contribution is 0.281. The van der Waals surface area contributed by atoms with Crippen LogP contribution in [0.25, 0.3) is 5.57 Å². The smallest absolute Gasteiger partial charge is 0.211 e. The fourth-order valence-corrected chi connectivity index (χ4v) is 4.01. The number of hydrogen-bond acceptors (Lipinski definition) is 3. The highest BCUT2D eigenvalue weighted by molar-refractivity contribution is 7.88. The van der Waals surface area contributed by atoms with Gasteiger partial charge in [0.15, 0.2) is 0 Å². The molecule has 0 bridgehead atoms. The number of sulfonamides is 1. The monoisotopic (exact) mass is 336 g/mol. The van der Waals surface area contributed by atoms with Gasteiger partial charge in [-0.15, -0.1) is 0 Å². The molecule has 0 spiro atoms. The lowest BCUT2D eigenvalue weighted by Crippen LogP contribution is -2.33. The summed E-state index contributed by atoms with van der Waals surface area (Å²) in [5.41, 5.74) is 3.88. The number of rotatable bonds is 6. The Morgan fingerprint density at radius 1 is 1.26 bits per heavy atom. The zero-order chi connectivity index (χ0) is 17.0. The largest absolute Gasteiger partial charge is 0.302 e. The van der Waals surface area contributed by atoms with E-state index in [4.69, 9.17) is 0 Å². The molecule has 1 aromatic carbocycles. The van der Waals surface area contributed by atoms with Crippen LogP contribution in [-0.2, 0) is 10.0 Å². The van der Waals surface area contributed by atoms with E-state index in [0.717, 1.165) is 19.3 Å². The molecule has 1 unspecified atom stereocenters. The summed E-state index contributed by atoms with van der Waals surface area (Å²) < 4.78 is 24.9. The average molecular weight is 337 g/mol. The zero-order valence-corrected chi connectivity index (χ0v) is 15.4. The van der Waals surface area contributed by atoms with Crippen molar-refractivity contribution in [3.05, 3.63) is 41.5 Å². The molecular formula is C18H28N2O2S. The minimum Gasteiger partial charge on any atom is -0.302 e. The van der Waals surface area contributed by atoms with Crippen molar-refractivity contribution in [3.63, 3.8) is 0 Å². The molecule has 1 aliphatic heterocycles. The van der Waals surface area contributed by atoms with Crippen LogP contribution in [0.4, 0.5) is 0 Å². The molecule has 1 aliphatic rings. The molecule has 0 radical (unpaired) electrons. The van der Waals surface area contributed by atoms with E-state index in [1.165, 1.54) is 27.3 Å². The molecule has 0 fully saturated rings. The van der Waals surface area contributed by atoms with E-state index < -0.39 is 10.0 Å². The molecule has 1 atom stereocenters. The first-order valence-corrected chi connectivity index (χ1v) is 10.1. The summed E-state index contributed by atoms with van der Waals surface area (Å²) in [7, 11) is 1.15. The first-order valence-electron chi connectivity index (χ1n) is 8.24. The third-order valence-electron chi connectivity index (χ3n) is 4.49. The van der Waals surface area contributed by atoms with Gasteiger partial charge in [-0.3, -0.25) is 0 Å². The Morgan fingerprint density at radius 2 is 1.96 bits per heavy atom. The standard InChI is InChI=1S/C18H28N2O2S/c1-5-8-18(19(2)3)17-10-7-6-9-16(17)15-11-13-20(14-12-15)23(4,21)22/h6-7,9-11,18H,5,8,12-14H2,1-4H3. The molecule has 0 aliphatic carbocycles. The van der Waals surface area contributed by atoms with Crippen molar-refractivity contribution in [2.45, 2.75) is 32.2 Å². The van der Waals surface area contributed by atoms with Crippen molar-refractivity contribution < 1.29 is 8.42 Å². The maximum absolute atomic E-state index is 11.7. The van der Waals surface area contributed by atoms with Gasteiger partial charge in [0.1, 0.15) is 0 Å². The van der Waals surface area contributed by atoms with Crippen LogP contribution < -0.4 is 0 Å². The van der Waals surface area contributed by atoms with Gasteiger partial charge in [0.25, 0.3) is 0 Å². The van der Waals surface area contributed by atoms with Crippen molar-refractivity contribution in [2.75, 3.05) is 33.4 Å². The third-order valence-corrected chi connectivity index (χ3v) is 5.76. The fraction of sp³-hybridized carbons (Fsp3) is 0.556. The summed E-state index contributed by atoms with van der Waals surface area (Å²) >= 11 is 0. The first-order chi connectivity index (χ1) is 10.8. The number of hydrogen-bond donors (Lipinski definition) is 0. The Morgan fingerprint density at radius 3 is 2.48 bits per heavy atom. The van der Waals surface area contributed by atoms with E-state index in [9.17, 15) is 8.42 Å². The molecule has 0 amide bonds. The second-order valence-electron chi connectivity index (χ2n) is 6.46. The normalized spacial score (nSPS) is 18.0. The number of nitrogens with zero attached hydrogens (tertiary/aromatic N) is 2. The van der Waals surface area contributed by atoms with Gasteiger partial charge >= 0.3 is 0 Å². The predicted octanol–water partition coefficient (Wildman–Crippen LogP) is 3.14. The molecule has 1 heterocycles. The van der Waals surface area contributed by atoms with Gasteiger partial charge in [-0.05, 0) is 43.6 Å². The van der Waals surface area contributed by atoms with Gasteiger partial charge < -0.3 is 4.90 Å². The van der Waals surface area contributed by atoms with Crippen LogP contribution in [0.2, 0.25) is 0 Å². The molecule has 128 valence electrons. The molecule has 23 heavy (non-hydrogen) atoms. The summed E-state index contributed by atoms with van der Waals surface area (Å²) in [6.07, 6.45) is 6.38. The molecule has 0 aromatic heterocycles. The van der Waals surface area contributed by atoms with Crippen LogP contribution in [-0.4, -0.2) is 51.1 Å². The minimum absolute atomic E-state index is 0.394. The summed E-state index contributed by atoms with van der Waals surface area (Å²) in [6, 6.07) is 8.94. The van der Waals surface area contributed by atoms with E-state index in [-0.39, 0.29) is 0 Å². The third kappa shape index (κ3) is 4.43. The van der Waals surface area contributed by atoms with Crippen LogP contribution in [0.3, 0.4) is 0 Å². The van der Waals surface area contributed by atoms with Crippen LogP contribution >= 0.6 is 0 Å². The molecule has 4 nitrogen and oxygen atoms in total. The number of benzene rings is 1. The molecule has 1 aromatic rings. The summed E-state index contributed by atoms with van der Waals surface area (Å²) in [5, 5.41) is 0. The van der Waals surface area contributed by atoms with Crippen molar-refractivity contribution >= 4 is 15.6 Å². The van der Waals surface area contributed by atoms with Crippen molar-refractivity contribution in [1.82, 2.24) is 9.21 Å². The van der Waals surface area contributed by atoms with E-state index in [2.05, 4.69) is 56.3 Å². The Labute approximate surface area is 140 Å². The lowest BCUT2D eigenvalue weighted by Gasteiger charge is -2.29. The predicted molar refractivity (Wildman–Crippen MR) is 96.8 cm³/mol. The average Bonchev–Trinajstić information content (AvgIpc) is 2.52. The Bertz CT molecular complexity index is 665. The zero-order valence-electron chi connectivity index (χ0n) is 14.6. The summed E-state index contributed by atoms with van der Waals surface area (Å²) in [5.74, 6) is 0. The van der Waals surface area contributed by atoms with Gasteiger partial charge in [-0.2, -0.15) is 4.31 Å². The molecule has 0 N–H and O–H groups in total. The summed E-state index contributed by atoms with van der Waals surface area (Å²) in [6.45, 7) is 3.26. The fourth-order valence-electron chi connectivity index (χ4n) is 3.24. The summed E-state index contributed by atoms with van der Waals surface area (Å²) in [4.78, 5) is 2.27. The SMILES string of the molecule is CCCC(c1ccccc1C1=CCN(S(C)(=O)=O)CC1)N(C)C. The van der Waals surface area contributed by atoms with Crippen molar-refractivity contribution in [1.29, 1.82) is 0 Å². The molecule has 0 saturated carbocycles. The second kappa shape index (κ2) is 7.60. The Kier molecular flexibility index (Phi) is 6.00. The van der Waals surface area contributed by atoms with Gasteiger partial charge in [0, 0.05) is 19.1 Å². The molecular weight excluding hydrogens is 308 g/mol. The maximum Gasteiger partial charge on any atom is 0.211 e. The van der Waals surface area contributed by atoms with E-state index in [0.29, 0.717) is 19.1 Å². The van der Waals surface area contributed by atoms with Crippen LogP contribution in [0.15, 0.2) is 30.3 Å². The second-order valence-corrected chi connectivity index (χ2v) is 8.44. The van der Waals surface area contributed by atoms with Crippen molar-refractivity contribution in [2.24, 2.45) is 0 Å². The van der Waals surface area contributed by atoms with Gasteiger partial charge in [0.05, 0.1) is 6.26 Å². The maximum atomic E-state index is 11.7. The topological polar surface area (TPSA) is 40.6 Å². The lowest BCUT2D eigenvalue weighted by atomic mass is 9.90. The minimum atomic E-state index is -3.10. The Hall–Kier alpha value is -1.17. The van der Waals surface area contributed by atoms with E-state index in [1.807, 2.05) is 0 Å². The highest BCUT2D eigenvalue weighted by Crippen LogP contribution is 2.33. The first kappa shape index (κ1) is 18.2. The molecule has 0 saturated heterocycles. The molecule has 5 heteroatoms. The highest BCUT2D eigenvalue weighted by atomic mass is 32.2. The van der Waals surface area contributed by atoms with Gasteiger partial charge in [0.2, 0.25) is 10.0 Å². The van der Waals surface area contributed by atoms with Gasteiger partial charge in [-0.1, -0.05) is 43.7 Å². The highest BCUT2D eigenvalue weighted by Gasteiger charge is 2.23. The quantitative estimate of drug-likeness (QED) is 0.801. The van der Waals surface area contributed by atoms with E-state index in [1.54, 1.807) is 0 Å². The van der Waals surface area contributed by atoms with Crippen LogP contribution in [0.5, 0.6) is 0 Å². The van der Waals surface area contributed by atoms with Crippen LogP contribution in [0, 0.1) is 0 Å². The Balaban J connectivity index is 2.33. The van der Waals surface area contributed by atoms with E-state index >= 15 is 0 Å². The molecule has 2 rings (SSSR count). The van der Waals surface area contributed by atoms with Gasteiger partial charge in [-0.25, -0.2) is 8.42 Å². The van der Waals surface area contributed by atoms with Crippen LogP contribution in [0.1, 0.15) is 43.4 Å².